The molecule has 1 aromatic heterocycles. The third kappa shape index (κ3) is 5.74. The van der Waals surface area contributed by atoms with Gasteiger partial charge in [-0.3, -0.25) is 9.59 Å². The minimum atomic E-state index is -0.199. The summed E-state index contributed by atoms with van der Waals surface area (Å²) in [4.78, 5) is 32.2. The van der Waals surface area contributed by atoms with Crippen molar-refractivity contribution in [3.8, 4) is 17.2 Å². The van der Waals surface area contributed by atoms with E-state index < -0.39 is 0 Å². The minimum absolute atomic E-state index is 0.0152. The molecule has 0 saturated heterocycles. The van der Waals surface area contributed by atoms with E-state index in [1.54, 1.807) is 34.4 Å². The zero-order valence-corrected chi connectivity index (χ0v) is 22.0. The summed E-state index contributed by atoms with van der Waals surface area (Å²) in [6.07, 6.45) is 1.61. The third-order valence-corrected chi connectivity index (χ3v) is 7.77. The van der Waals surface area contributed by atoms with E-state index in [1.165, 1.54) is 4.88 Å². The van der Waals surface area contributed by atoms with Gasteiger partial charge in [-0.25, -0.2) is 0 Å². The highest BCUT2D eigenvalue weighted by Gasteiger charge is 2.34. The second-order valence-corrected chi connectivity index (χ2v) is 10.8. The van der Waals surface area contributed by atoms with E-state index >= 15 is 0 Å². The zero-order chi connectivity index (χ0) is 25.8. The normalized spacial score (nSPS) is 16.0. The Labute approximate surface area is 221 Å². The quantitative estimate of drug-likeness (QED) is 0.389. The number of fused-ring (bicyclic) bond motifs is 2. The third-order valence-electron chi connectivity index (χ3n) is 6.78. The Morgan fingerprint density at radius 1 is 1.11 bits per heavy atom. The fourth-order valence-electron chi connectivity index (χ4n) is 4.70. The van der Waals surface area contributed by atoms with Crippen LogP contribution in [-0.4, -0.2) is 54.6 Å². The Bertz CT molecular complexity index is 1240. The standard InChI is InChI=1S/C29H32N2O5S/c1-20(2)10-13-30(29(33)21-8-9-25-26(16-21)36-19-35-25)17-28(32)31-14-11-27-23(12-15-37-27)24(31)18-34-22-6-4-3-5-7-22/h3-9,12,15-16,20,24H,10-11,13-14,17-19H2,1-2H3/t24-/m1/s1. The molecule has 5 rings (SSSR count). The molecule has 0 radical (unpaired) electrons. The summed E-state index contributed by atoms with van der Waals surface area (Å²) in [5, 5.41) is 2.08. The largest absolute Gasteiger partial charge is 0.491 e. The molecular formula is C29H32N2O5S. The van der Waals surface area contributed by atoms with Gasteiger partial charge in [0.25, 0.3) is 5.91 Å². The van der Waals surface area contributed by atoms with Crippen LogP contribution < -0.4 is 14.2 Å². The van der Waals surface area contributed by atoms with E-state index in [1.807, 2.05) is 35.2 Å². The predicted octanol–water partition coefficient (Wildman–Crippen LogP) is 5.17. The summed E-state index contributed by atoms with van der Waals surface area (Å²) in [6.45, 7) is 5.86. The molecular weight excluding hydrogens is 488 g/mol. The number of thiophene rings is 1. The lowest BCUT2D eigenvalue weighted by molar-refractivity contribution is -0.135. The Morgan fingerprint density at radius 3 is 2.73 bits per heavy atom. The van der Waals surface area contributed by atoms with Crippen LogP contribution >= 0.6 is 11.3 Å². The Hall–Kier alpha value is -3.52. The van der Waals surface area contributed by atoms with Gasteiger partial charge < -0.3 is 24.0 Å². The molecule has 0 saturated carbocycles. The van der Waals surface area contributed by atoms with Crippen LogP contribution in [-0.2, 0) is 11.2 Å². The number of amides is 2. The first kappa shape index (κ1) is 25.1. The van der Waals surface area contributed by atoms with Crippen LogP contribution in [0.15, 0.2) is 60.0 Å². The Kier molecular flexibility index (Phi) is 7.65. The first-order chi connectivity index (χ1) is 18.0. The number of para-hydroxylation sites is 1. The molecule has 2 aliphatic heterocycles. The van der Waals surface area contributed by atoms with Gasteiger partial charge in [-0.1, -0.05) is 32.0 Å². The van der Waals surface area contributed by atoms with Crippen molar-refractivity contribution in [2.75, 3.05) is 33.0 Å². The average molecular weight is 521 g/mol. The van der Waals surface area contributed by atoms with Crippen LogP contribution in [0.3, 0.4) is 0 Å². The van der Waals surface area contributed by atoms with Crippen molar-refractivity contribution in [3.63, 3.8) is 0 Å². The predicted molar refractivity (Wildman–Crippen MR) is 142 cm³/mol. The van der Waals surface area contributed by atoms with Gasteiger partial charge in [0.1, 0.15) is 18.9 Å². The Balaban J connectivity index is 1.34. The molecule has 7 nitrogen and oxygen atoms in total. The van der Waals surface area contributed by atoms with Crippen LogP contribution in [0.25, 0.3) is 0 Å². The molecule has 194 valence electrons. The van der Waals surface area contributed by atoms with Crippen LogP contribution in [0.4, 0.5) is 0 Å². The second-order valence-electron chi connectivity index (χ2n) is 9.75. The molecule has 8 heteroatoms. The Morgan fingerprint density at radius 2 is 1.92 bits per heavy atom. The minimum Gasteiger partial charge on any atom is -0.491 e. The number of carbonyl (C=O) groups excluding carboxylic acids is 2. The second kappa shape index (κ2) is 11.3. The monoisotopic (exact) mass is 520 g/mol. The highest BCUT2D eigenvalue weighted by molar-refractivity contribution is 7.10. The molecule has 0 fully saturated rings. The zero-order valence-electron chi connectivity index (χ0n) is 21.2. The molecule has 1 atom stereocenters. The maximum absolute atomic E-state index is 13.8. The smallest absolute Gasteiger partial charge is 0.254 e. The fraction of sp³-hybridized carbons (Fsp3) is 0.379. The average Bonchev–Trinajstić information content (AvgIpc) is 3.58. The molecule has 37 heavy (non-hydrogen) atoms. The van der Waals surface area contributed by atoms with Crippen molar-refractivity contribution in [2.24, 2.45) is 5.92 Å². The molecule has 0 bridgehead atoms. The molecule has 0 spiro atoms. The van der Waals surface area contributed by atoms with Gasteiger partial charge in [0, 0.05) is 23.5 Å². The van der Waals surface area contributed by atoms with Gasteiger partial charge in [0.2, 0.25) is 12.7 Å². The lowest BCUT2D eigenvalue weighted by atomic mass is 10.00. The maximum atomic E-state index is 13.8. The molecule has 0 aliphatic carbocycles. The number of hydrogen-bond acceptors (Lipinski definition) is 6. The number of nitrogens with zero attached hydrogens (tertiary/aromatic N) is 2. The van der Waals surface area contributed by atoms with Crippen LogP contribution in [0.5, 0.6) is 17.2 Å². The first-order valence-electron chi connectivity index (χ1n) is 12.7. The van der Waals surface area contributed by atoms with Crippen LogP contribution in [0.2, 0.25) is 0 Å². The molecule has 3 aromatic rings. The van der Waals surface area contributed by atoms with Crippen molar-refractivity contribution in [1.29, 1.82) is 0 Å². The van der Waals surface area contributed by atoms with Crippen molar-refractivity contribution in [3.05, 3.63) is 76.0 Å². The van der Waals surface area contributed by atoms with Crippen molar-refractivity contribution in [1.82, 2.24) is 9.80 Å². The van der Waals surface area contributed by atoms with E-state index in [2.05, 4.69) is 25.3 Å². The van der Waals surface area contributed by atoms with E-state index in [0.29, 0.717) is 42.7 Å². The number of benzene rings is 2. The molecule has 0 unspecified atom stereocenters. The summed E-state index contributed by atoms with van der Waals surface area (Å²) in [7, 11) is 0. The maximum Gasteiger partial charge on any atom is 0.254 e. The number of ether oxygens (including phenoxy) is 3. The molecule has 2 amide bonds. The van der Waals surface area contributed by atoms with Crippen LogP contribution in [0, 0.1) is 5.92 Å². The summed E-state index contributed by atoms with van der Waals surface area (Å²) in [5.74, 6) is 2.10. The molecule has 2 aliphatic rings. The molecule has 3 heterocycles. The lowest BCUT2D eigenvalue weighted by Crippen LogP contribution is -2.48. The number of hydrogen-bond donors (Lipinski definition) is 0. The van der Waals surface area contributed by atoms with Gasteiger partial charge in [-0.05, 0) is 66.1 Å². The number of rotatable bonds is 9. The number of carbonyl (C=O) groups is 2. The van der Waals surface area contributed by atoms with E-state index in [4.69, 9.17) is 14.2 Å². The van der Waals surface area contributed by atoms with Gasteiger partial charge in [0.05, 0.1) is 6.04 Å². The van der Waals surface area contributed by atoms with E-state index in [9.17, 15) is 9.59 Å². The van der Waals surface area contributed by atoms with E-state index in [0.717, 1.165) is 24.2 Å². The van der Waals surface area contributed by atoms with Crippen molar-refractivity contribution < 1.29 is 23.8 Å². The fourth-order valence-corrected chi connectivity index (χ4v) is 5.63. The summed E-state index contributed by atoms with van der Waals surface area (Å²) in [5.41, 5.74) is 1.62. The van der Waals surface area contributed by atoms with E-state index in [-0.39, 0.29) is 31.2 Å². The SMILES string of the molecule is CC(C)CCN(CC(=O)N1CCc2sccc2[C@H]1COc1ccccc1)C(=O)c1ccc2c(c1)OCO2. The topological polar surface area (TPSA) is 68.3 Å². The first-order valence-corrected chi connectivity index (χ1v) is 13.6. The van der Waals surface area contributed by atoms with Crippen molar-refractivity contribution >= 4 is 23.2 Å². The van der Waals surface area contributed by atoms with Gasteiger partial charge in [0.15, 0.2) is 11.5 Å². The highest BCUT2D eigenvalue weighted by atomic mass is 32.1. The summed E-state index contributed by atoms with van der Waals surface area (Å²) >= 11 is 1.72. The molecule has 0 N–H and O–H groups in total. The molecule has 2 aromatic carbocycles. The van der Waals surface area contributed by atoms with Crippen molar-refractivity contribution in [2.45, 2.75) is 32.7 Å². The van der Waals surface area contributed by atoms with Gasteiger partial charge in [-0.15, -0.1) is 11.3 Å². The summed E-state index contributed by atoms with van der Waals surface area (Å²) < 4.78 is 17.0. The summed E-state index contributed by atoms with van der Waals surface area (Å²) in [6, 6.07) is 16.7. The highest BCUT2D eigenvalue weighted by Crippen LogP contribution is 2.35. The van der Waals surface area contributed by atoms with Gasteiger partial charge >= 0.3 is 0 Å². The van der Waals surface area contributed by atoms with Crippen LogP contribution in [0.1, 0.15) is 47.1 Å². The lowest BCUT2D eigenvalue weighted by Gasteiger charge is -2.37. The van der Waals surface area contributed by atoms with Gasteiger partial charge in [-0.2, -0.15) is 0 Å².